The first-order valence-corrected chi connectivity index (χ1v) is 11.0. The molecule has 4 rings (SSSR count). The van der Waals surface area contributed by atoms with Crippen LogP contribution in [0.1, 0.15) is 33.3 Å². The van der Waals surface area contributed by atoms with Gasteiger partial charge in [0.05, 0.1) is 25.1 Å². The van der Waals surface area contributed by atoms with Crippen LogP contribution in [0.5, 0.6) is 11.5 Å². The number of para-hydroxylation sites is 1. The van der Waals surface area contributed by atoms with Crippen LogP contribution in [0.25, 0.3) is 21.9 Å². The quantitative estimate of drug-likeness (QED) is 0.545. The number of likely N-dealkylation sites (N-methyl/N-ethyl adjacent to an activating group) is 1. The Bertz CT molecular complexity index is 1230. The zero-order chi connectivity index (χ0) is 23.0. The number of nitrogens with one attached hydrogen (secondary N) is 1. The van der Waals surface area contributed by atoms with Gasteiger partial charge in [-0.25, -0.2) is 0 Å². The van der Waals surface area contributed by atoms with Crippen LogP contribution in [-0.2, 0) is 11.2 Å². The Morgan fingerprint density at radius 2 is 1.94 bits per heavy atom. The summed E-state index contributed by atoms with van der Waals surface area (Å²) in [5.74, 6) is 0.966. The van der Waals surface area contributed by atoms with Crippen LogP contribution in [-0.4, -0.2) is 49.2 Å². The van der Waals surface area contributed by atoms with Gasteiger partial charge in [0.1, 0.15) is 33.7 Å². The first-order chi connectivity index (χ1) is 15.3. The molecule has 1 aliphatic rings. The Morgan fingerprint density at radius 3 is 2.61 bits per heavy atom. The molecule has 8 heteroatoms. The molecule has 0 aliphatic carbocycles. The van der Waals surface area contributed by atoms with E-state index < -0.39 is 5.60 Å². The average molecular weight is 475 g/mol. The summed E-state index contributed by atoms with van der Waals surface area (Å²) in [5, 5.41) is 4.03. The molecule has 0 fully saturated rings. The zero-order valence-electron chi connectivity index (χ0n) is 19.7. The Balaban J connectivity index is 0.00000306. The van der Waals surface area contributed by atoms with Crippen LogP contribution in [0.2, 0.25) is 0 Å². The topological polar surface area (TPSA) is 81.0 Å². The number of hydrogen-bond acceptors (Lipinski definition) is 6. The third-order valence-electron chi connectivity index (χ3n) is 6.32. The second-order valence-electron chi connectivity index (χ2n) is 8.68. The zero-order valence-corrected chi connectivity index (χ0v) is 20.5. The summed E-state index contributed by atoms with van der Waals surface area (Å²) in [5.41, 5.74) is 0.917. The largest absolute Gasteiger partial charge is 0.496 e. The van der Waals surface area contributed by atoms with Crippen LogP contribution in [0.3, 0.4) is 0 Å². The molecule has 0 saturated carbocycles. The van der Waals surface area contributed by atoms with Gasteiger partial charge in [0, 0.05) is 18.1 Å². The smallest absolute Gasteiger partial charge is 0.234 e. The van der Waals surface area contributed by atoms with E-state index in [1.807, 2.05) is 39.8 Å². The Kier molecular flexibility index (Phi) is 7.24. The number of carbonyl (C=O) groups excluding carboxylic acids is 1. The third-order valence-corrected chi connectivity index (χ3v) is 6.32. The SMILES string of the molecule is CCN(CC)CC(=O)NC1Cc2c(cc(OC)c3c(=O)c4ccccc4oc23)OC1(C)C.Cl. The van der Waals surface area contributed by atoms with Crippen molar-refractivity contribution in [3.63, 3.8) is 0 Å². The molecule has 1 aliphatic heterocycles. The number of hydrogen-bond donors (Lipinski definition) is 1. The van der Waals surface area contributed by atoms with Crippen molar-refractivity contribution in [3.8, 4) is 11.5 Å². The van der Waals surface area contributed by atoms with Gasteiger partial charge in [0.15, 0.2) is 0 Å². The van der Waals surface area contributed by atoms with Gasteiger partial charge in [0.25, 0.3) is 0 Å². The number of carbonyl (C=O) groups is 1. The van der Waals surface area contributed by atoms with Crippen molar-refractivity contribution in [1.29, 1.82) is 0 Å². The van der Waals surface area contributed by atoms with Crippen molar-refractivity contribution < 1.29 is 18.7 Å². The van der Waals surface area contributed by atoms with E-state index in [0.717, 1.165) is 18.7 Å². The maximum atomic E-state index is 13.3. The lowest BCUT2D eigenvalue weighted by atomic mass is 9.87. The lowest BCUT2D eigenvalue weighted by Gasteiger charge is -2.40. The van der Waals surface area contributed by atoms with E-state index >= 15 is 0 Å². The molecule has 1 aromatic heterocycles. The number of amides is 1. The monoisotopic (exact) mass is 474 g/mol. The predicted octanol–water partition coefficient (Wildman–Crippen LogP) is 3.92. The molecule has 0 bridgehead atoms. The van der Waals surface area contributed by atoms with Gasteiger partial charge in [-0.05, 0) is 39.1 Å². The number of benzene rings is 2. The summed E-state index contributed by atoms with van der Waals surface area (Å²) < 4.78 is 18.1. The van der Waals surface area contributed by atoms with E-state index in [1.54, 1.807) is 18.2 Å². The third kappa shape index (κ3) is 4.52. The fraction of sp³-hybridized carbons (Fsp3) is 0.440. The summed E-state index contributed by atoms with van der Waals surface area (Å²) in [7, 11) is 1.53. The Hall–Kier alpha value is -2.77. The van der Waals surface area contributed by atoms with Crippen molar-refractivity contribution in [3.05, 3.63) is 46.1 Å². The minimum atomic E-state index is -0.651. The average Bonchev–Trinajstić information content (AvgIpc) is 2.77. The highest BCUT2D eigenvalue weighted by Crippen LogP contribution is 2.42. The molecule has 3 aromatic rings. The number of rotatable bonds is 6. The molecule has 1 N–H and O–H groups in total. The van der Waals surface area contributed by atoms with Crippen molar-refractivity contribution in [1.82, 2.24) is 10.2 Å². The molecular weight excluding hydrogens is 444 g/mol. The van der Waals surface area contributed by atoms with Crippen LogP contribution in [0, 0.1) is 0 Å². The van der Waals surface area contributed by atoms with Gasteiger partial charge in [-0.3, -0.25) is 14.5 Å². The maximum absolute atomic E-state index is 13.3. The van der Waals surface area contributed by atoms with Crippen LogP contribution < -0.4 is 20.2 Å². The lowest BCUT2D eigenvalue weighted by molar-refractivity contribution is -0.124. The second kappa shape index (κ2) is 9.61. The fourth-order valence-corrected chi connectivity index (χ4v) is 4.33. The molecule has 1 unspecified atom stereocenters. The van der Waals surface area contributed by atoms with E-state index in [1.165, 1.54) is 7.11 Å². The molecule has 7 nitrogen and oxygen atoms in total. The number of fused-ring (bicyclic) bond motifs is 4. The van der Waals surface area contributed by atoms with Gasteiger partial charge >= 0.3 is 0 Å². The summed E-state index contributed by atoms with van der Waals surface area (Å²) in [6.45, 7) is 9.91. The van der Waals surface area contributed by atoms with Crippen molar-refractivity contribution >= 4 is 40.3 Å². The maximum Gasteiger partial charge on any atom is 0.234 e. The molecule has 0 radical (unpaired) electrons. The summed E-state index contributed by atoms with van der Waals surface area (Å²) in [6.07, 6.45) is 0.480. The molecule has 1 atom stereocenters. The van der Waals surface area contributed by atoms with E-state index in [0.29, 0.717) is 46.4 Å². The highest BCUT2D eigenvalue weighted by atomic mass is 35.5. The van der Waals surface area contributed by atoms with Crippen LogP contribution >= 0.6 is 12.4 Å². The van der Waals surface area contributed by atoms with Crippen molar-refractivity contribution in [2.45, 2.75) is 45.8 Å². The minimum Gasteiger partial charge on any atom is -0.496 e. The normalized spacial score (nSPS) is 16.7. The molecule has 1 amide bonds. The van der Waals surface area contributed by atoms with E-state index in [2.05, 4.69) is 10.2 Å². The number of halogens is 1. The molecule has 0 saturated heterocycles. The van der Waals surface area contributed by atoms with Crippen molar-refractivity contribution in [2.75, 3.05) is 26.7 Å². The van der Waals surface area contributed by atoms with E-state index in [-0.39, 0.29) is 29.8 Å². The van der Waals surface area contributed by atoms with Gasteiger partial charge in [0.2, 0.25) is 11.3 Å². The van der Waals surface area contributed by atoms with Gasteiger partial charge in [-0.2, -0.15) is 0 Å². The Labute approximate surface area is 199 Å². The van der Waals surface area contributed by atoms with Crippen molar-refractivity contribution in [2.24, 2.45) is 0 Å². The molecule has 2 aromatic carbocycles. The lowest BCUT2D eigenvalue weighted by Crippen LogP contribution is -2.57. The fourth-order valence-electron chi connectivity index (χ4n) is 4.33. The molecule has 2 heterocycles. The number of methoxy groups -OCH3 is 1. The second-order valence-corrected chi connectivity index (χ2v) is 8.68. The van der Waals surface area contributed by atoms with Gasteiger partial charge in [-0.15, -0.1) is 12.4 Å². The highest BCUT2D eigenvalue weighted by Gasteiger charge is 2.40. The predicted molar refractivity (Wildman–Crippen MR) is 132 cm³/mol. The van der Waals surface area contributed by atoms with Crippen LogP contribution in [0.15, 0.2) is 39.5 Å². The Morgan fingerprint density at radius 1 is 1.24 bits per heavy atom. The van der Waals surface area contributed by atoms with Crippen LogP contribution in [0.4, 0.5) is 0 Å². The molecule has 33 heavy (non-hydrogen) atoms. The van der Waals surface area contributed by atoms with E-state index in [4.69, 9.17) is 13.9 Å². The molecule has 0 spiro atoms. The van der Waals surface area contributed by atoms with Gasteiger partial charge < -0.3 is 19.2 Å². The summed E-state index contributed by atoms with van der Waals surface area (Å²) in [4.78, 5) is 28.1. The highest BCUT2D eigenvalue weighted by molar-refractivity contribution is 5.96. The van der Waals surface area contributed by atoms with Gasteiger partial charge in [-0.1, -0.05) is 26.0 Å². The van der Waals surface area contributed by atoms with E-state index in [9.17, 15) is 9.59 Å². The molecule has 178 valence electrons. The summed E-state index contributed by atoms with van der Waals surface area (Å²) >= 11 is 0. The number of ether oxygens (including phenoxy) is 2. The molecular formula is C25H31ClN2O5. The minimum absolute atomic E-state index is 0. The first kappa shape index (κ1) is 24.9. The number of nitrogens with zero attached hydrogens (tertiary/aromatic N) is 1. The first-order valence-electron chi connectivity index (χ1n) is 11.0. The standard InChI is InChI=1S/C25H30N2O5.ClH/c1-6-27(7-2)14-21(28)26-20-12-16-18(32-25(20,3)4)13-19(30-5)22-23(29)15-10-8-9-11-17(15)31-24(16)22;/h8-11,13,20H,6-7,12,14H2,1-5H3,(H,26,28);1H. The summed E-state index contributed by atoms with van der Waals surface area (Å²) in [6, 6.07) is 8.63.